The van der Waals surface area contributed by atoms with Gasteiger partial charge in [0, 0.05) is 32.6 Å². The molecule has 454 valence electrons. The summed E-state index contributed by atoms with van der Waals surface area (Å²) in [6.07, 6.45) is 0.601. The fraction of sp³-hybridized carbons (Fsp3) is 0.745. The Kier molecular flexibility index (Phi) is 25.6. The van der Waals surface area contributed by atoms with E-state index in [1.807, 2.05) is 13.8 Å². The summed E-state index contributed by atoms with van der Waals surface area (Å²) in [7, 11) is 0. The lowest BCUT2D eigenvalue weighted by molar-refractivity contribution is -0.148. The Hall–Kier alpha value is -7.05. The largest absolute Gasteiger partial charge is 0.480 e. The van der Waals surface area contributed by atoms with E-state index < -0.39 is 170 Å². The van der Waals surface area contributed by atoms with Crippen molar-refractivity contribution in [2.24, 2.45) is 23.3 Å². The Morgan fingerprint density at radius 1 is 0.506 bits per heavy atom. The van der Waals surface area contributed by atoms with Crippen molar-refractivity contribution in [3.05, 3.63) is 0 Å². The van der Waals surface area contributed by atoms with Gasteiger partial charge >= 0.3 is 5.97 Å². The highest BCUT2D eigenvalue weighted by Gasteiger charge is 2.46. The molecular weight excluding hydrogens is 1070 g/mol. The number of nitrogens with two attached hydrogens (primary N) is 2. The molecule has 4 heterocycles. The van der Waals surface area contributed by atoms with Gasteiger partial charge in [-0.1, -0.05) is 27.7 Å². The molecule has 0 radical (unpaired) electrons. The number of carbonyl (C=O) groups excluding carboxylic acids is 12. The van der Waals surface area contributed by atoms with Crippen molar-refractivity contribution in [2.45, 2.75) is 178 Å². The summed E-state index contributed by atoms with van der Waals surface area (Å²) in [6.45, 7) is 5.63. The summed E-state index contributed by atoms with van der Waals surface area (Å²) < 4.78 is 0. The summed E-state index contributed by atoms with van der Waals surface area (Å²) in [4.78, 5) is 177. The fourth-order valence-electron chi connectivity index (χ4n) is 10.4. The number of carbonyl (C=O) groups is 13. The second-order valence-corrected chi connectivity index (χ2v) is 21.8. The molecule has 30 nitrogen and oxygen atoms in total. The van der Waals surface area contributed by atoms with Crippen LogP contribution in [0.15, 0.2) is 0 Å². The second kappa shape index (κ2) is 31.2. The van der Waals surface area contributed by atoms with E-state index in [0.717, 1.165) is 9.80 Å². The van der Waals surface area contributed by atoms with Crippen LogP contribution in [0.1, 0.15) is 112 Å². The van der Waals surface area contributed by atoms with Crippen molar-refractivity contribution in [3.63, 3.8) is 0 Å². The lowest BCUT2D eigenvalue weighted by atomic mass is 10.0. The standard InChI is InChI=1S/C51H83N13O17/c1-26(2)20-30(43(73)59-32(24-65)49(79)62-17-7-11-35(62)46(76)60-33(25-66)50(80)61-16-6-10-34(61)44(74)55-23-40(70)71)56-39(69)22-54-42(72)29(14-15-38(52)68)57-45(75)36-12-8-18-63(36)51(81)37-13-9-19-64(37)48(78)31(21-27(3)4)58-47(77)41(53)28(5)67/h26-37,41,65-67H,6-25,53H2,1-5H3,(H2,52,68)(H,54,72)(H,55,74)(H,56,69)(H,57,75)(H,58,77)(H,59,73)(H,60,76)(H,70,71)/t28-,29+,30+,31+,32+,33+,34+,35+,36+,37+,41+/m1/s1. The molecule has 0 saturated carbocycles. The van der Waals surface area contributed by atoms with Crippen LogP contribution in [0.3, 0.4) is 0 Å². The van der Waals surface area contributed by atoms with Crippen LogP contribution in [-0.2, 0) is 62.3 Å². The molecule has 0 unspecified atom stereocenters. The number of nitrogens with zero attached hydrogens (tertiary/aromatic N) is 4. The monoisotopic (exact) mass is 1150 g/mol. The molecule has 4 aliphatic heterocycles. The molecule has 0 aromatic heterocycles. The van der Waals surface area contributed by atoms with E-state index in [1.54, 1.807) is 13.8 Å². The first kappa shape index (κ1) is 66.5. The highest BCUT2D eigenvalue weighted by atomic mass is 16.4. The van der Waals surface area contributed by atoms with Crippen molar-refractivity contribution >= 4 is 76.9 Å². The number of rotatable bonds is 29. The van der Waals surface area contributed by atoms with Crippen LogP contribution in [-0.4, -0.2) is 236 Å². The van der Waals surface area contributed by atoms with Crippen LogP contribution in [0.2, 0.25) is 0 Å². The molecule has 0 aromatic rings. The molecule has 0 spiro atoms. The van der Waals surface area contributed by atoms with Gasteiger partial charge < -0.3 is 88.7 Å². The van der Waals surface area contributed by atoms with Gasteiger partial charge in [-0.25, -0.2) is 0 Å². The number of nitrogens with one attached hydrogen (secondary N) is 7. The minimum atomic E-state index is -1.63. The lowest BCUT2D eigenvalue weighted by Gasteiger charge is -2.34. The van der Waals surface area contributed by atoms with Gasteiger partial charge in [0.05, 0.1) is 25.9 Å². The molecule has 0 aromatic carbocycles. The van der Waals surface area contributed by atoms with Crippen molar-refractivity contribution in [3.8, 4) is 0 Å². The first-order valence-electron chi connectivity index (χ1n) is 27.6. The Bertz CT molecular complexity index is 2320. The van der Waals surface area contributed by atoms with Crippen LogP contribution in [0, 0.1) is 11.8 Å². The molecule has 4 fully saturated rings. The van der Waals surface area contributed by atoms with Crippen LogP contribution in [0.25, 0.3) is 0 Å². The predicted molar refractivity (Wildman–Crippen MR) is 283 cm³/mol. The quantitative estimate of drug-likeness (QED) is 0.0331. The number of aliphatic hydroxyl groups is 3. The van der Waals surface area contributed by atoms with Gasteiger partial charge in [-0.2, -0.15) is 0 Å². The Morgan fingerprint density at radius 2 is 0.938 bits per heavy atom. The topological polar surface area (TPSA) is 452 Å². The molecule has 0 aliphatic carbocycles. The summed E-state index contributed by atoms with van der Waals surface area (Å²) in [5.41, 5.74) is 11.2. The number of hydrogen-bond acceptors (Lipinski definition) is 17. The van der Waals surface area contributed by atoms with Gasteiger partial charge in [0.2, 0.25) is 70.9 Å². The third-order valence-corrected chi connectivity index (χ3v) is 14.6. The van der Waals surface area contributed by atoms with Crippen molar-refractivity contribution in [1.82, 2.24) is 56.8 Å². The van der Waals surface area contributed by atoms with E-state index in [1.165, 1.54) is 16.7 Å². The van der Waals surface area contributed by atoms with E-state index >= 15 is 0 Å². The molecule has 12 amide bonds. The Labute approximate surface area is 469 Å². The van der Waals surface area contributed by atoms with Gasteiger partial charge in [-0.3, -0.25) is 62.3 Å². The molecule has 15 N–H and O–H groups in total. The number of hydrogen-bond donors (Lipinski definition) is 13. The third-order valence-electron chi connectivity index (χ3n) is 14.6. The molecule has 4 saturated heterocycles. The zero-order valence-electron chi connectivity index (χ0n) is 46.7. The molecule has 0 bridgehead atoms. The third kappa shape index (κ3) is 18.7. The maximum atomic E-state index is 14.2. The molecular formula is C51H83N13O17. The van der Waals surface area contributed by atoms with E-state index in [9.17, 15) is 77.6 Å². The minimum absolute atomic E-state index is 0.00326. The predicted octanol–water partition coefficient (Wildman–Crippen LogP) is -6.26. The average Bonchev–Trinajstić information content (AvgIpc) is 4.40. The van der Waals surface area contributed by atoms with Crippen LogP contribution in [0.4, 0.5) is 0 Å². The highest BCUT2D eigenvalue weighted by molar-refractivity contribution is 5.99. The SMILES string of the molecule is CC(C)C[C@H](NC(=O)CNC(=O)[C@H](CCC(N)=O)NC(=O)[C@@H]1CCCN1C(=O)[C@@H]1CCCN1C(=O)[C@H](CC(C)C)NC(=O)[C@@H](N)[C@@H](C)O)C(=O)N[C@@H](CO)C(=O)N1CCC[C@H]1C(=O)N[C@@H](CO)C(=O)N1CCC[C@H]1C(=O)NCC(=O)O. The number of carboxylic acids is 1. The summed E-state index contributed by atoms with van der Waals surface area (Å²) in [5.74, 6) is -11.0. The van der Waals surface area contributed by atoms with Crippen molar-refractivity contribution in [2.75, 3.05) is 52.5 Å². The molecule has 4 aliphatic rings. The lowest BCUT2D eigenvalue weighted by Crippen LogP contribution is -2.60. The van der Waals surface area contributed by atoms with E-state index in [0.29, 0.717) is 25.7 Å². The molecule has 4 rings (SSSR count). The summed E-state index contributed by atoms with van der Waals surface area (Å²) >= 11 is 0. The minimum Gasteiger partial charge on any atom is -0.480 e. The maximum absolute atomic E-state index is 14.2. The van der Waals surface area contributed by atoms with Gasteiger partial charge in [-0.15, -0.1) is 0 Å². The van der Waals surface area contributed by atoms with Gasteiger partial charge in [0.1, 0.15) is 67.0 Å². The first-order valence-corrected chi connectivity index (χ1v) is 27.6. The summed E-state index contributed by atoms with van der Waals surface area (Å²) in [5, 5.41) is 56.4. The van der Waals surface area contributed by atoms with Gasteiger partial charge in [0.25, 0.3) is 0 Å². The zero-order chi connectivity index (χ0) is 60.4. The van der Waals surface area contributed by atoms with Crippen LogP contribution >= 0.6 is 0 Å². The Balaban J connectivity index is 1.38. The maximum Gasteiger partial charge on any atom is 0.322 e. The van der Waals surface area contributed by atoms with Crippen LogP contribution in [0.5, 0.6) is 0 Å². The zero-order valence-corrected chi connectivity index (χ0v) is 46.7. The van der Waals surface area contributed by atoms with E-state index in [-0.39, 0.29) is 89.4 Å². The van der Waals surface area contributed by atoms with Crippen LogP contribution < -0.4 is 48.7 Å². The fourth-order valence-corrected chi connectivity index (χ4v) is 10.4. The number of primary amides is 1. The number of amides is 12. The van der Waals surface area contributed by atoms with E-state index in [4.69, 9.17) is 16.6 Å². The Morgan fingerprint density at radius 3 is 1.43 bits per heavy atom. The number of likely N-dealkylation sites (tertiary alicyclic amines) is 4. The van der Waals surface area contributed by atoms with Gasteiger partial charge in [-0.05, 0) is 89.4 Å². The number of aliphatic carboxylic acids is 1. The summed E-state index contributed by atoms with van der Waals surface area (Å²) in [6, 6.07) is -12.7. The van der Waals surface area contributed by atoms with Gasteiger partial charge in [0.15, 0.2) is 0 Å². The molecule has 30 heteroatoms. The number of aliphatic hydroxyl groups excluding tert-OH is 3. The smallest absolute Gasteiger partial charge is 0.322 e. The first-order chi connectivity index (χ1) is 38.2. The highest BCUT2D eigenvalue weighted by Crippen LogP contribution is 2.27. The van der Waals surface area contributed by atoms with E-state index in [2.05, 4.69) is 37.2 Å². The normalized spacial score (nSPS) is 21.5. The average molecular weight is 1150 g/mol. The number of carboxylic acid groups (broad SMARTS) is 1. The molecule has 11 atom stereocenters. The second-order valence-electron chi connectivity index (χ2n) is 21.8. The van der Waals surface area contributed by atoms with Crippen molar-refractivity contribution < 1.29 is 82.8 Å². The molecule has 81 heavy (non-hydrogen) atoms. The van der Waals surface area contributed by atoms with Crippen molar-refractivity contribution in [1.29, 1.82) is 0 Å².